The highest BCUT2D eigenvalue weighted by molar-refractivity contribution is 7.99. The van der Waals surface area contributed by atoms with E-state index in [1.807, 2.05) is 0 Å². The first kappa shape index (κ1) is 30.2. The Labute approximate surface area is 235 Å². The normalized spacial score (nSPS) is 14.5. The number of morpholine rings is 1. The van der Waals surface area contributed by atoms with Crippen molar-refractivity contribution >= 4 is 35.3 Å². The van der Waals surface area contributed by atoms with Crippen LogP contribution in [0.15, 0.2) is 58.3 Å². The molecule has 14 heteroatoms. The highest BCUT2D eigenvalue weighted by Crippen LogP contribution is 2.48. The number of anilines is 1. The van der Waals surface area contributed by atoms with Gasteiger partial charge in [-0.25, -0.2) is 0 Å². The molecular formula is C27H24F6N4O3S. The maximum Gasteiger partial charge on any atom is 0.418 e. The lowest BCUT2D eigenvalue weighted by atomic mass is 9.99. The minimum Gasteiger partial charge on any atom is -0.378 e. The molecule has 4 rings (SSSR count). The second kappa shape index (κ2) is 12.0. The summed E-state index contributed by atoms with van der Waals surface area (Å²) in [5, 5.41) is 6.65. The second-order valence-electron chi connectivity index (χ2n) is 9.05. The van der Waals surface area contributed by atoms with Gasteiger partial charge in [-0.15, -0.1) is 0 Å². The van der Waals surface area contributed by atoms with Gasteiger partial charge in [0.15, 0.2) is 5.69 Å². The van der Waals surface area contributed by atoms with E-state index in [2.05, 4.69) is 10.4 Å². The molecule has 0 unspecified atom stereocenters. The smallest absolute Gasteiger partial charge is 0.378 e. The van der Waals surface area contributed by atoms with E-state index in [0.717, 1.165) is 30.0 Å². The fourth-order valence-electron chi connectivity index (χ4n) is 4.09. The molecular weight excluding hydrogens is 574 g/mol. The van der Waals surface area contributed by atoms with E-state index in [4.69, 9.17) is 4.74 Å². The van der Waals surface area contributed by atoms with Crippen LogP contribution in [0.1, 0.15) is 32.9 Å². The van der Waals surface area contributed by atoms with Gasteiger partial charge >= 0.3 is 12.4 Å². The lowest BCUT2D eigenvalue weighted by Crippen LogP contribution is -2.39. The summed E-state index contributed by atoms with van der Waals surface area (Å²) < 4.78 is 91.6. The lowest BCUT2D eigenvalue weighted by Gasteiger charge is -2.25. The zero-order valence-electron chi connectivity index (χ0n) is 21.8. The van der Waals surface area contributed by atoms with Crippen LogP contribution in [0.2, 0.25) is 0 Å². The maximum absolute atomic E-state index is 14.2. The largest absolute Gasteiger partial charge is 0.418 e. The van der Waals surface area contributed by atoms with Crippen molar-refractivity contribution in [3.05, 3.63) is 76.6 Å². The number of amides is 2. The predicted molar refractivity (Wildman–Crippen MR) is 139 cm³/mol. The van der Waals surface area contributed by atoms with E-state index in [0.29, 0.717) is 11.8 Å². The summed E-state index contributed by atoms with van der Waals surface area (Å²) in [4.78, 5) is 25.7. The number of hydrogen-bond acceptors (Lipinski definition) is 5. The van der Waals surface area contributed by atoms with Gasteiger partial charge in [0.2, 0.25) is 5.91 Å². The van der Waals surface area contributed by atoms with Gasteiger partial charge in [0, 0.05) is 47.4 Å². The summed E-state index contributed by atoms with van der Waals surface area (Å²) in [7, 11) is 1.65. The van der Waals surface area contributed by atoms with Crippen molar-refractivity contribution < 1.29 is 40.7 Å². The number of ether oxygens (including phenoxy) is 1. The van der Waals surface area contributed by atoms with Crippen molar-refractivity contribution in [2.75, 3.05) is 31.6 Å². The van der Waals surface area contributed by atoms with Gasteiger partial charge in [0.1, 0.15) is 0 Å². The summed E-state index contributed by atoms with van der Waals surface area (Å²) in [6.45, 7) is 2.70. The molecule has 0 aliphatic carbocycles. The van der Waals surface area contributed by atoms with E-state index in [1.54, 1.807) is 20.0 Å². The van der Waals surface area contributed by atoms with Crippen LogP contribution >= 0.6 is 11.8 Å². The number of benzene rings is 2. The SMILES string of the molecule is Cc1cc(C(=O)Nc2cccc(Sc3ccc(/C=C/C(=O)N4CCOCC4)c(C(F)(F)F)c3C(F)(F)F)c2)nn1C. The minimum absolute atomic E-state index is 0.118. The van der Waals surface area contributed by atoms with Crippen molar-refractivity contribution in [2.45, 2.75) is 29.1 Å². The molecule has 0 bridgehead atoms. The number of hydrogen-bond donors (Lipinski definition) is 1. The van der Waals surface area contributed by atoms with Gasteiger partial charge in [-0.1, -0.05) is 23.9 Å². The Morgan fingerprint density at radius 1 is 1.00 bits per heavy atom. The maximum atomic E-state index is 14.2. The molecule has 7 nitrogen and oxygen atoms in total. The summed E-state index contributed by atoms with van der Waals surface area (Å²) >= 11 is 0.467. The Balaban J connectivity index is 1.66. The van der Waals surface area contributed by atoms with E-state index < -0.39 is 45.8 Å². The molecule has 1 saturated heterocycles. The highest BCUT2D eigenvalue weighted by Gasteiger charge is 2.46. The predicted octanol–water partition coefficient (Wildman–Crippen LogP) is 6.04. The Morgan fingerprint density at radius 2 is 1.68 bits per heavy atom. The van der Waals surface area contributed by atoms with E-state index in [9.17, 15) is 35.9 Å². The lowest BCUT2D eigenvalue weighted by molar-refractivity contribution is -0.163. The second-order valence-corrected chi connectivity index (χ2v) is 10.2. The summed E-state index contributed by atoms with van der Waals surface area (Å²) in [6, 6.07) is 9.08. The Kier molecular flexibility index (Phi) is 8.83. The fourth-order valence-corrected chi connectivity index (χ4v) is 5.13. The molecule has 0 radical (unpaired) electrons. The zero-order chi connectivity index (χ0) is 29.9. The highest BCUT2D eigenvalue weighted by atomic mass is 32.2. The van der Waals surface area contributed by atoms with Crippen LogP contribution < -0.4 is 5.32 Å². The third-order valence-electron chi connectivity index (χ3n) is 6.16. The molecule has 218 valence electrons. The van der Waals surface area contributed by atoms with Crippen LogP contribution in [0.4, 0.5) is 32.0 Å². The number of carbonyl (C=O) groups is 2. The molecule has 1 aliphatic rings. The van der Waals surface area contributed by atoms with Crippen molar-refractivity contribution in [3.8, 4) is 0 Å². The van der Waals surface area contributed by atoms with Crippen molar-refractivity contribution in [2.24, 2.45) is 7.05 Å². The Hall–Kier alpha value is -3.78. The van der Waals surface area contributed by atoms with Crippen LogP contribution in [-0.4, -0.2) is 52.8 Å². The first-order valence-corrected chi connectivity index (χ1v) is 13.0. The monoisotopic (exact) mass is 598 g/mol. The Morgan fingerprint density at radius 3 is 2.29 bits per heavy atom. The zero-order valence-corrected chi connectivity index (χ0v) is 22.6. The van der Waals surface area contributed by atoms with E-state index in [1.165, 1.54) is 33.8 Å². The molecule has 0 saturated carbocycles. The van der Waals surface area contributed by atoms with Crippen molar-refractivity contribution in [1.29, 1.82) is 0 Å². The summed E-state index contributed by atoms with van der Waals surface area (Å²) in [5.74, 6) is -1.19. The fraction of sp³-hybridized carbons (Fsp3) is 0.296. The number of halogens is 6. The molecule has 41 heavy (non-hydrogen) atoms. The first-order chi connectivity index (χ1) is 19.2. The molecule has 1 fully saturated rings. The van der Waals surface area contributed by atoms with Crippen molar-refractivity contribution in [1.82, 2.24) is 14.7 Å². The quantitative estimate of drug-likeness (QED) is 0.277. The van der Waals surface area contributed by atoms with Gasteiger partial charge < -0.3 is 15.0 Å². The van der Waals surface area contributed by atoms with Crippen LogP contribution in [0.25, 0.3) is 6.08 Å². The van der Waals surface area contributed by atoms with Gasteiger partial charge in [-0.2, -0.15) is 31.4 Å². The Bertz CT molecular complexity index is 1460. The van der Waals surface area contributed by atoms with Gasteiger partial charge in [0.05, 0.1) is 24.3 Å². The van der Waals surface area contributed by atoms with Crippen LogP contribution in [0, 0.1) is 6.92 Å². The molecule has 2 heterocycles. The molecule has 2 aromatic carbocycles. The van der Waals surface area contributed by atoms with Crippen LogP contribution in [-0.2, 0) is 28.9 Å². The number of rotatable bonds is 6. The molecule has 2 amide bonds. The molecule has 1 aromatic heterocycles. The third-order valence-corrected chi connectivity index (χ3v) is 7.21. The summed E-state index contributed by atoms with van der Waals surface area (Å²) in [6.07, 6.45) is -9.16. The third kappa shape index (κ3) is 7.30. The topological polar surface area (TPSA) is 76.5 Å². The molecule has 1 N–H and O–H groups in total. The van der Waals surface area contributed by atoms with Crippen LogP contribution in [0.5, 0.6) is 0 Å². The number of aromatic nitrogens is 2. The van der Waals surface area contributed by atoms with Gasteiger partial charge in [-0.3, -0.25) is 14.3 Å². The summed E-state index contributed by atoms with van der Waals surface area (Å²) in [5.41, 5.74) is -3.49. The average molecular weight is 599 g/mol. The number of nitrogens with one attached hydrogen (secondary N) is 1. The standard InChI is InChI=1S/C27H24F6N4O3S/c1-16-14-20(35-36(16)2)25(39)34-18-4-3-5-19(15-18)41-21-8-6-17(7-9-22(38)37-10-12-40-13-11-37)23(26(28,29)30)24(21)27(31,32)33/h3-9,14-15H,10-13H2,1-2H3,(H,34,39)/b9-7+. The molecule has 3 aromatic rings. The van der Waals surface area contributed by atoms with Crippen LogP contribution in [0.3, 0.4) is 0 Å². The van der Waals surface area contributed by atoms with Gasteiger partial charge in [0.25, 0.3) is 5.91 Å². The van der Waals surface area contributed by atoms with E-state index in [-0.39, 0.29) is 42.6 Å². The molecule has 0 atom stereocenters. The first-order valence-electron chi connectivity index (χ1n) is 12.2. The minimum atomic E-state index is -5.38. The number of nitrogens with zero attached hydrogens (tertiary/aromatic N) is 3. The van der Waals surface area contributed by atoms with Gasteiger partial charge in [-0.05, 0) is 48.9 Å². The molecule has 1 aliphatic heterocycles. The van der Waals surface area contributed by atoms with E-state index >= 15 is 0 Å². The number of aryl methyl sites for hydroxylation is 2. The number of carbonyl (C=O) groups excluding carboxylic acids is 2. The molecule has 0 spiro atoms. The number of alkyl halides is 6. The van der Waals surface area contributed by atoms with Crippen molar-refractivity contribution in [3.63, 3.8) is 0 Å². The average Bonchev–Trinajstić information content (AvgIpc) is 3.25.